The topological polar surface area (TPSA) is 67.4 Å². The van der Waals surface area contributed by atoms with E-state index in [2.05, 4.69) is 10.6 Å². The van der Waals surface area contributed by atoms with E-state index in [-0.39, 0.29) is 18.4 Å². The van der Waals surface area contributed by atoms with Crippen LogP contribution < -0.4 is 15.4 Å². The molecule has 0 fully saturated rings. The summed E-state index contributed by atoms with van der Waals surface area (Å²) in [5, 5.41) is 5.91. The number of carbonyl (C=O) groups is 2. The van der Waals surface area contributed by atoms with E-state index in [0.29, 0.717) is 22.9 Å². The lowest BCUT2D eigenvalue weighted by molar-refractivity contribution is -0.120. The number of hydrogen-bond donors (Lipinski definition) is 2. The summed E-state index contributed by atoms with van der Waals surface area (Å²) in [6, 6.07) is 23.3. The summed E-state index contributed by atoms with van der Waals surface area (Å²) in [4.78, 5) is 24.1. The zero-order chi connectivity index (χ0) is 19.8. The largest absolute Gasteiger partial charge is 0.457 e. The predicted octanol–water partition coefficient (Wildman–Crippen LogP) is 4.18. The molecule has 3 aromatic rings. The van der Waals surface area contributed by atoms with Gasteiger partial charge >= 0.3 is 0 Å². The van der Waals surface area contributed by atoms with Crippen molar-refractivity contribution in [2.24, 2.45) is 0 Å². The third kappa shape index (κ3) is 5.59. The highest BCUT2D eigenvalue weighted by Crippen LogP contribution is 2.21. The standard InChI is InChI=1S/C22H19ClN2O3/c23-20-9-5-4-6-17(20)14-24-21(26)15-25-22(27)16-10-12-19(13-11-16)28-18-7-2-1-3-8-18/h1-13H,14-15H2,(H,24,26)(H,25,27). The summed E-state index contributed by atoms with van der Waals surface area (Å²) in [5.74, 6) is 0.714. The van der Waals surface area contributed by atoms with E-state index in [9.17, 15) is 9.59 Å². The second kappa shape index (κ2) is 9.58. The number of para-hydroxylation sites is 1. The summed E-state index contributed by atoms with van der Waals surface area (Å²) >= 11 is 6.05. The van der Waals surface area contributed by atoms with E-state index in [1.165, 1.54) is 0 Å². The lowest BCUT2D eigenvalue weighted by Gasteiger charge is -2.09. The molecule has 0 saturated carbocycles. The molecule has 0 saturated heterocycles. The molecule has 0 aliphatic heterocycles. The number of hydrogen-bond acceptors (Lipinski definition) is 3. The first-order chi connectivity index (χ1) is 13.6. The van der Waals surface area contributed by atoms with Gasteiger partial charge in [0.2, 0.25) is 5.91 Å². The van der Waals surface area contributed by atoms with Crippen molar-refractivity contribution in [2.45, 2.75) is 6.54 Å². The fourth-order valence-electron chi connectivity index (χ4n) is 2.46. The molecule has 0 atom stereocenters. The van der Waals surface area contributed by atoms with Crippen molar-refractivity contribution in [1.29, 1.82) is 0 Å². The van der Waals surface area contributed by atoms with Gasteiger partial charge in [0.25, 0.3) is 5.91 Å². The first-order valence-electron chi connectivity index (χ1n) is 8.73. The van der Waals surface area contributed by atoms with Gasteiger partial charge in [0, 0.05) is 17.1 Å². The van der Waals surface area contributed by atoms with Crippen LogP contribution in [-0.2, 0) is 11.3 Å². The van der Waals surface area contributed by atoms with Gasteiger partial charge in [-0.05, 0) is 48.0 Å². The van der Waals surface area contributed by atoms with Crippen LogP contribution in [0.25, 0.3) is 0 Å². The molecule has 0 radical (unpaired) electrons. The van der Waals surface area contributed by atoms with Crippen LogP contribution >= 0.6 is 11.6 Å². The van der Waals surface area contributed by atoms with Gasteiger partial charge in [0.1, 0.15) is 11.5 Å². The van der Waals surface area contributed by atoms with E-state index in [0.717, 1.165) is 11.3 Å². The summed E-state index contributed by atoms with van der Waals surface area (Å²) in [7, 11) is 0. The Hall–Kier alpha value is -3.31. The third-order valence-corrected chi connectivity index (χ3v) is 4.31. The SMILES string of the molecule is O=C(CNC(=O)c1ccc(Oc2ccccc2)cc1)NCc1ccccc1Cl. The normalized spacial score (nSPS) is 10.2. The minimum absolute atomic E-state index is 0.119. The number of nitrogens with one attached hydrogen (secondary N) is 2. The minimum atomic E-state index is -0.334. The van der Waals surface area contributed by atoms with Crippen molar-refractivity contribution >= 4 is 23.4 Å². The Bertz CT molecular complexity index is 944. The van der Waals surface area contributed by atoms with Crippen molar-refractivity contribution in [3.63, 3.8) is 0 Å². The van der Waals surface area contributed by atoms with Crippen LogP contribution in [0.3, 0.4) is 0 Å². The minimum Gasteiger partial charge on any atom is -0.457 e. The maximum absolute atomic E-state index is 12.2. The molecule has 2 amide bonds. The molecule has 3 rings (SSSR count). The summed E-state index contributed by atoms with van der Waals surface area (Å²) in [6.07, 6.45) is 0. The highest BCUT2D eigenvalue weighted by Gasteiger charge is 2.09. The van der Waals surface area contributed by atoms with Gasteiger partial charge in [-0.3, -0.25) is 9.59 Å². The van der Waals surface area contributed by atoms with Gasteiger partial charge < -0.3 is 15.4 Å². The van der Waals surface area contributed by atoms with Crippen molar-refractivity contribution < 1.29 is 14.3 Å². The van der Waals surface area contributed by atoms with Gasteiger partial charge in [-0.15, -0.1) is 0 Å². The van der Waals surface area contributed by atoms with Gasteiger partial charge in [-0.1, -0.05) is 48.0 Å². The number of benzene rings is 3. The van der Waals surface area contributed by atoms with Crippen molar-refractivity contribution in [2.75, 3.05) is 6.54 Å². The smallest absolute Gasteiger partial charge is 0.251 e. The molecule has 0 aliphatic rings. The Morgan fingerprint density at radius 1 is 0.786 bits per heavy atom. The molecule has 0 unspecified atom stereocenters. The third-order valence-electron chi connectivity index (χ3n) is 3.94. The first kappa shape index (κ1) is 19.5. The average molecular weight is 395 g/mol. The van der Waals surface area contributed by atoms with Gasteiger partial charge in [-0.2, -0.15) is 0 Å². The number of ether oxygens (including phenoxy) is 1. The Kier molecular flexibility index (Phi) is 6.65. The van der Waals surface area contributed by atoms with Crippen LogP contribution in [-0.4, -0.2) is 18.4 Å². The molecule has 0 heterocycles. The monoisotopic (exact) mass is 394 g/mol. The predicted molar refractivity (Wildman–Crippen MR) is 109 cm³/mol. The highest BCUT2D eigenvalue weighted by molar-refractivity contribution is 6.31. The van der Waals surface area contributed by atoms with Crippen molar-refractivity contribution in [3.8, 4) is 11.5 Å². The van der Waals surface area contributed by atoms with E-state index in [1.54, 1.807) is 30.3 Å². The summed E-state index contributed by atoms with van der Waals surface area (Å²) in [6.45, 7) is 0.186. The quantitative estimate of drug-likeness (QED) is 0.631. The van der Waals surface area contributed by atoms with Gasteiger partial charge in [0.15, 0.2) is 0 Å². The fourth-order valence-corrected chi connectivity index (χ4v) is 2.66. The Balaban J connectivity index is 1.46. The zero-order valence-electron chi connectivity index (χ0n) is 15.0. The number of rotatable bonds is 7. The molecule has 28 heavy (non-hydrogen) atoms. The van der Waals surface area contributed by atoms with Crippen molar-refractivity contribution in [3.05, 3.63) is 95.0 Å². The zero-order valence-corrected chi connectivity index (χ0v) is 15.8. The van der Waals surface area contributed by atoms with Crippen LogP contribution in [0, 0.1) is 0 Å². The molecule has 6 heteroatoms. The van der Waals surface area contributed by atoms with Gasteiger partial charge in [0.05, 0.1) is 6.54 Å². The Morgan fingerprint density at radius 3 is 2.14 bits per heavy atom. The van der Waals surface area contributed by atoms with E-state index >= 15 is 0 Å². The molecule has 0 spiro atoms. The molecule has 142 valence electrons. The van der Waals surface area contributed by atoms with E-state index in [4.69, 9.17) is 16.3 Å². The number of carbonyl (C=O) groups excluding carboxylic acids is 2. The maximum Gasteiger partial charge on any atom is 0.251 e. The van der Waals surface area contributed by atoms with Crippen LogP contribution in [0.5, 0.6) is 11.5 Å². The summed E-state index contributed by atoms with van der Waals surface area (Å²) in [5.41, 5.74) is 1.26. The molecule has 2 N–H and O–H groups in total. The molecule has 0 aliphatic carbocycles. The second-order valence-electron chi connectivity index (χ2n) is 5.99. The lowest BCUT2D eigenvalue weighted by Crippen LogP contribution is -2.36. The molecular weight excluding hydrogens is 376 g/mol. The number of amides is 2. The summed E-state index contributed by atoms with van der Waals surface area (Å²) < 4.78 is 5.69. The average Bonchev–Trinajstić information content (AvgIpc) is 2.73. The fraction of sp³-hybridized carbons (Fsp3) is 0.0909. The Morgan fingerprint density at radius 2 is 1.43 bits per heavy atom. The van der Waals surface area contributed by atoms with Crippen molar-refractivity contribution in [1.82, 2.24) is 10.6 Å². The second-order valence-corrected chi connectivity index (χ2v) is 6.40. The van der Waals surface area contributed by atoms with Crippen LogP contribution in [0.2, 0.25) is 5.02 Å². The van der Waals surface area contributed by atoms with Crippen LogP contribution in [0.1, 0.15) is 15.9 Å². The van der Waals surface area contributed by atoms with Gasteiger partial charge in [-0.25, -0.2) is 0 Å². The van der Waals surface area contributed by atoms with Crippen LogP contribution in [0.15, 0.2) is 78.9 Å². The molecule has 5 nitrogen and oxygen atoms in total. The Labute approximate surface area is 168 Å². The molecule has 0 bridgehead atoms. The number of halogens is 1. The maximum atomic E-state index is 12.2. The highest BCUT2D eigenvalue weighted by atomic mass is 35.5. The molecular formula is C22H19ClN2O3. The van der Waals surface area contributed by atoms with E-state index in [1.807, 2.05) is 48.5 Å². The van der Waals surface area contributed by atoms with E-state index < -0.39 is 0 Å². The molecule has 0 aromatic heterocycles. The van der Waals surface area contributed by atoms with Crippen LogP contribution in [0.4, 0.5) is 0 Å². The molecule has 3 aromatic carbocycles. The lowest BCUT2D eigenvalue weighted by atomic mass is 10.2. The first-order valence-corrected chi connectivity index (χ1v) is 9.11.